The van der Waals surface area contributed by atoms with E-state index in [1.807, 2.05) is 0 Å². The third-order valence-electron chi connectivity index (χ3n) is 1.32. The number of ether oxygens (including phenoxy) is 1. The number of nitrogens with two attached hydrogens (primary N) is 1. The molecule has 12 heavy (non-hydrogen) atoms. The summed E-state index contributed by atoms with van der Waals surface area (Å²) in [6, 6.07) is 0. The maximum atomic E-state index is 12.7. The van der Waals surface area contributed by atoms with Crippen LogP contribution >= 0.6 is 0 Å². The summed E-state index contributed by atoms with van der Waals surface area (Å²) in [5.74, 6) is -0.929. The highest BCUT2D eigenvalue weighted by atomic mass is 19.1. The van der Waals surface area contributed by atoms with Gasteiger partial charge in [0, 0.05) is 0 Å². The topological polar surface area (TPSA) is 67.9 Å². The van der Waals surface area contributed by atoms with Crippen LogP contribution in [0.15, 0.2) is 17.0 Å². The van der Waals surface area contributed by atoms with Crippen LogP contribution in [-0.2, 0) is 4.74 Å². The Morgan fingerprint density at radius 1 is 1.92 bits per heavy atom. The molecule has 0 unspecified atom stereocenters. The van der Waals surface area contributed by atoms with Crippen molar-refractivity contribution in [2.45, 2.75) is 0 Å². The van der Waals surface area contributed by atoms with Crippen molar-refractivity contribution in [2.24, 2.45) is 10.7 Å². The van der Waals surface area contributed by atoms with Crippen molar-refractivity contribution in [1.29, 1.82) is 0 Å². The maximum absolute atomic E-state index is 12.7. The molecule has 6 heteroatoms. The number of methoxy groups -OCH3 is 1. The number of hydrogen-bond acceptors (Lipinski definition) is 4. The Labute approximate surface area is 68.3 Å². The standard InChI is InChI=1S/C6H8FN3O2/c1-12-6(11)10-2-4(7)5(8)9-3-10/h2H,3H2,1H3,(H2,8,9). The predicted molar refractivity (Wildman–Crippen MR) is 39.9 cm³/mol. The van der Waals surface area contributed by atoms with E-state index >= 15 is 0 Å². The van der Waals surface area contributed by atoms with E-state index in [0.29, 0.717) is 0 Å². The molecular formula is C6H8FN3O2. The minimum absolute atomic E-state index is 0.00801. The molecule has 0 aromatic carbocycles. The van der Waals surface area contributed by atoms with Crippen LogP contribution in [0.2, 0.25) is 0 Å². The van der Waals surface area contributed by atoms with E-state index in [1.165, 1.54) is 7.11 Å². The summed E-state index contributed by atoms with van der Waals surface area (Å²) in [6.07, 6.45) is 0.287. The van der Waals surface area contributed by atoms with Gasteiger partial charge in [-0.1, -0.05) is 0 Å². The Balaban J connectivity index is 2.71. The number of amidine groups is 1. The van der Waals surface area contributed by atoms with Gasteiger partial charge in [-0.25, -0.2) is 14.2 Å². The maximum Gasteiger partial charge on any atom is 0.415 e. The molecule has 0 bridgehead atoms. The lowest BCUT2D eigenvalue weighted by atomic mass is 10.4. The highest BCUT2D eigenvalue weighted by molar-refractivity contribution is 5.96. The zero-order chi connectivity index (χ0) is 9.14. The van der Waals surface area contributed by atoms with Crippen LogP contribution in [0.25, 0.3) is 0 Å². The molecule has 66 valence electrons. The number of carbonyl (C=O) groups excluding carboxylic acids is 1. The van der Waals surface area contributed by atoms with Gasteiger partial charge in [0.15, 0.2) is 11.7 Å². The summed E-state index contributed by atoms with van der Waals surface area (Å²) in [5, 5.41) is 0. The Hall–Kier alpha value is -1.59. The lowest BCUT2D eigenvalue weighted by Gasteiger charge is -2.17. The van der Waals surface area contributed by atoms with Crippen LogP contribution in [0, 0.1) is 0 Å². The van der Waals surface area contributed by atoms with Gasteiger partial charge in [-0.3, -0.25) is 4.90 Å². The van der Waals surface area contributed by atoms with Gasteiger partial charge in [0.2, 0.25) is 0 Å². The molecule has 5 nitrogen and oxygen atoms in total. The molecule has 0 saturated heterocycles. The molecule has 1 heterocycles. The van der Waals surface area contributed by atoms with Crippen LogP contribution < -0.4 is 5.73 Å². The van der Waals surface area contributed by atoms with Crippen molar-refractivity contribution < 1.29 is 13.9 Å². The summed E-state index contributed by atoms with van der Waals surface area (Å²) in [6.45, 7) is -0.00801. The van der Waals surface area contributed by atoms with E-state index in [2.05, 4.69) is 9.73 Å². The van der Waals surface area contributed by atoms with E-state index < -0.39 is 11.9 Å². The van der Waals surface area contributed by atoms with Crippen molar-refractivity contribution in [2.75, 3.05) is 13.8 Å². The number of hydrogen-bond donors (Lipinski definition) is 1. The Morgan fingerprint density at radius 2 is 2.58 bits per heavy atom. The van der Waals surface area contributed by atoms with E-state index in [0.717, 1.165) is 11.1 Å². The highest BCUT2D eigenvalue weighted by Gasteiger charge is 2.17. The second kappa shape index (κ2) is 3.21. The van der Waals surface area contributed by atoms with E-state index in [9.17, 15) is 9.18 Å². The first-order valence-electron chi connectivity index (χ1n) is 3.17. The van der Waals surface area contributed by atoms with Gasteiger partial charge < -0.3 is 10.5 Å². The second-order valence-electron chi connectivity index (χ2n) is 2.10. The third kappa shape index (κ3) is 1.52. The Kier molecular flexibility index (Phi) is 2.27. The molecule has 1 aliphatic rings. The first-order valence-corrected chi connectivity index (χ1v) is 3.17. The normalized spacial score (nSPS) is 16.7. The SMILES string of the molecule is COC(=O)N1C=C(F)C(N)=NC1. The molecule has 0 aromatic rings. The lowest BCUT2D eigenvalue weighted by molar-refractivity contribution is 0.139. The molecule has 2 N–H and O–H groups in total. The molecule has 0 atom stereocenters. The zero-order valence-corrected chi connectivity index (χ0v) is 6.45. The fraction of sp³-hybridized carbons (Fsp3) is 0.333. The van der Waals surface area contributed by atoms with Crippen LogP contribution in [0.4, 0.5) is 9.18 Å². The number of carbonyl (C=O) groups is 1. The average Bonchev–Trinajstić information content (AvgIpc) is 2.08. The number of amides is 1. The summed E-state index contributed by atoms with van der Waals surface area (Å²) in [4.78, 5) is 15.3. The predicted octanol–water partition coefficient (Wildman–Crippen LogP) is 0.194. The molecule has 1 aliphatic heterocycles. The molecular weight excluding hydrogens is 165 g/mol. The summed E-state index contributed by atoms with van der Waals surface area (Å²) < 4.78 is 17.0. The molecule has 0 spiro atoms. The Morgan fingerprint density at radius 3 is 3.08 bits per heavy atom. The minimum Gasteiger partial charge on any atom is -0.452 e. The molecule has 0 saturated carbocycles. The van der Waals surface area contributed by atoms with Gasteiger partial charge in [-0.2, -0.15) is 0 Å². The molecule has 0 aliphatic carbocycles. The van der Waals surface area contributed by atoms with Crippen molar-refractivity contribution in [3.05, 3.63) is 12.0 Å². The third-order valence-corrected chi connectivity index (χ3v) is 1.32. The Bertz CT molecular complexity index is 262. The van der Waals surface area contributed by atoms with Crippen LogP contribution in [0.1, 0.15) is 0 Å². The average molecular weight is 173 g/mol. The largest absolute Gasteiger partial charge is 0.452 e. The quantitative estimate of drug-likeness (QED) is 0.568. The monoisotopic (exact) mass is 173 g/mol. The fourth-order valence-electron chi connectivity index (χ4n) is 0.699. The molecule has 1 amide bonds. The first kappa shape index (κ1) is 8.51. The van der Waals surface area contributed by atoms with Gasteiger partial charge in [0.05, 0.1) is 13.3 Å². The number of halogens is 1. The number of aliphatic imine (C=N–C) groups is 1. The van der Waals surface area contributed by atoms with Gasteiger partial charge >= 0.3 is 6.09 Å². The lowest BCUT2D eigenvalue weighted by Crippen LogP contribution is -2.32. The highest BCUT2D eigenvalue weighted by Crippen LogP contribution is 2.07. The zero-order valence-electron chi connectivity index (χ0n) is 6.45. The molecule has 0 radical (unpaired) electrons. The van der Waals surface area contributed by atoms with Crippen molar-refractivity contribution in [3.8, 4) is 0 Å². The summed E-state index contributed by atoms with van der Waals surface area (Å²) in [7, 11) is 1.20. The summed E-state index contributed by atoms with van der Waals surface area (Å²) >= 11 is 0. The minimum atomic E-state index is -0.730. The van der Waals surface area contributed by atoms with Gasteiger partial charge in [-0.05, 0) is 0 Å². The van der Waals surface area contributed by atoms with Crippen molar-refractivity contribution >= 4 is 11.9 Å². The van der Waals surface area contributed by atoms with Crippen molar-refractivity contribution in [3.63, 3.8) is 0 Å². The summed E-state index contributed by atoms with van der Waals surface area (Å²) in [5.41, 5.74) is 5.11. The van der Waals surface area contributed by atoms with Gasteiger partial charge in [-0.15, -0.1) is 0 Å². The van der Waals surface area contributed by atoms with Crippen LogP contribution in [-0.4, -0.2) is 30.6 Å². The molecule has 0 fully saturated rings. The fourth-order valence-corrected chi connectivity index (χ4v) is 0.699. The van der Waals surface area contributed by atoms with Crippen molar-refractivity contribution in [1.82, 2.24) is 4.90 Å². The van der Waals surface area contributed by atoms with E-state index in [4.69, 9.17) is 5.73 Å². The van der Waals surface area contributed by atoms with E-state index in [1.54, 1.807) is 0 Å². The first-order chi connectivity index (χ1) is 5.65. The smallest absolute Gasteiger partial charge is 0.415 e. The molecule has 0 aromatic heterocycles. The van der Waals surface area contributed by atoms with Gasteiger partial charge in [0.1, 0.15) is 6.67 Å². The second-order valence-corrected chi connectivity index (χ2v) is 2.10. The van der Waals surface area contributed by atoms with E-state index in [-0.39, 0.29) is 12.5 Å². The van der Waals surface area contributed by atoms with Crippen LogP contribution in [0.5, 0.6) is 0 Å². The number of rotatable bonds is 0. The number of nitrogens with zero attached hydrogens (tertiary/aromatic N) is 2. The van der Waals surface area contributed by atoms with Gasteiger partial charge in [0.25, 0.3) is 0 Å². The molecule has 1 rings (SSSR count). The van der Waals surface area contributed by atoms with Crippen LogP contribution in [0.3, 0.4) is 0 Å².